The fourth-order valence-corrected chi connectivity index (χ4v) is 2.21. The lowest BCUT2D eigenvalue weighted by molar-refractivity contribution is -0.384. The molecule has 0 unspecified atom stereocenters. The molecule has 1 heterocycles. The lowest BCUT2D eigenvalue weighted by Crippen LogP contribution is -1.90. The van der Waals surface area contributed by atoms with Crippen molar-refractivity contribution in [3.05, 3.63) is 50.3 Å². The van der Waals surface area contributed by atoms with Crippen molar-refractivity contribution in [3.8, 4) is 10.8 Å². The quantitative estimate of drug-likeness (QED) is 0.685. The van der Waals surface area contributed by atoms with Gasteiger partial charge in [-0.05, 0) is 18.2 Å². The maximum absolute atomic E-state index is 10.7. The van der Waals surface area contributed by atoms with Crippen LogP contribution in [0.5, 0.6) is 10.8 Å². The van der Waals surface area contributed by atoms with E-state index >= 15 is 0 Å². The molecule has 0 fully saturated rings. The van der Waals surface area contributed by atoms with Gasteiger partial charge in [0.15, 0.2) is 5.06 Å². The molecular formula is C11H6ClNO5S. The van der Waals surface area contributed by atoms with Gasteiger partial charge >= 0.3 is 5.97 Å². The van der Waals surface area contributed by atoms with Crippen LogP contribution >= 0.6 is 22.9 Å². The molecule has 0 atom stereocenters. The summed E-state index contributed by atoms with van der Waals surface area (Å²) < 4.78 is 5.38. The Bertz CT molecular complexity index is 654. The lowest BCUT2D eigenvalue weighted by Gasteiger charge is -2.04. The molecule has 19 heavy (non-hydrogen) atoms. The smallest absolute Gasteiger partial charge is 0.345 e. The van der Waals surface area contributed by atoms with E-state index in [4.69, 9.17) is 21.4 Å². The average molecular weight is 300 g/mol. The molecule has 98 valence electrons. The topological polar surface area (TPSA) is 89.7 Å². The minimum atomic E-state index is -1.05. The van der Waals surface area contributed by atoms with Crippen LogP contribution in [0.4, 0.5) is 5.69 Å². The summed E-state index contributed by atoms with van der Waals surface area (Å²) >= 11 is 6.79. The van der Waals surface area contributed by atoms with E-state index in [-0.39, 0.29) is 21.3 Å². The normalized spacial score (nSPS) is 10.2. The van der Waals surface area contributed by atoms with Gasteiger partial charge in [0, 0.05) is 12.1 Å². The summed E-state index contributed by atoms with van der Waals surface area (Å²) in [4.78, 5) is 20.8. The van der Waals surface area contributed by atoms with Crippen LogP contribution in [0.25, 0.3) is 0 Å². The predicted octanol–water partition coefficient (Wildman–Crippen LogP) is 3.80. The number of nitro groups is 1. The van der Waals surface area contributed by atoms with Crippen LogP contribution in [-0.4, -0.2) is 16.0 Å². The van der Waals surface area contributed by atoms with Gasteiger partial charge in [0.2, 0.25) is 0 Å². The number of hydrogen-bond acceptors (Lipinski definition) is 5. The van der Waals surface area contributed by atoms with E-state index in [0.717, 1.165) is 11.3 Å². The minimum absolute atomic E-state index is 0.0828. The highest BCUT2D eigenvalue weighted by Gasteiger charge is 2.13. The molecule has 0 aliphatic heterocycles. The Morgan fingerprint density at radius 2 is 2.11 bits per heavy atom. The van der Waals surface area contributed by atoms with Crippen molar-refractivity contribution in [1.29, 1.82) is 0 Å². The fraction of sp³-hybridized carbons (Fsp3) is 0. The summed E-state index contributed by atoms with van der Waals surface area (Å²) in [5, 5.41) is 19.7. The minimum Gasteiger partial charge on any atom is -0.477 e. The molecule has 0 bridgehead atoms. The molecule has 8 heteroatoms. The monoisotopic (exact) mass is 299 g/mol. The van der Waals surface area contributed by atoms with Crippen molar-refractivity contribution >= 4 is 34.6 Å². The summed E-state index contributed by atoms with van der Waals surface area (Å²) in [5.74, 6) is -0.819. The molecule has 1 N–H and O–H groups in total. The molecule has 0 spiro atoms. The predicted molar refractivity (Wildman–Crippen MR) is 69.5 cm³/mol. The third-order valence-corrected chi connectivity index (χ3v) is 3.38. The third kappa shape index (κ3) is 3.01. The van der Waals surface area contributed by atoms with Crippen LogP contribution in [0.2, 0.25) is 5.02 Å². The van der Waals surface area contributed by atoms with Crippen molar-refractivity contribution in [2.24, 2.45) is 0 Å². The number of aromatic carboxylic acids is 1. The highest BCUT2D eigenvalue weighted by molar-refractivity contribution is 7.15. The Kier molecular flexibility index (Phi) is 3.68. The zero-order chi connectivity index (χ0) is 14.0. The second-order valence-corrected chi connectivity index (χ2v) is 4.85. The van der Waals surface area contributed by atoms with Gasteiger partial charge in [-0.1, -0.05) is 22.9 Å². The summed E-state index contributed by atoms with van der Waals surface area (Å²) in [5.41, 5.74) is -0.144. The second-order valence-electron chi connectivity index (χ2n) is 3.40. The first-order valence-electron chi connectivity index (χ1n) is 4.92. The number of hydrogen-bond donors (Lipinski definition) is 1. The van der Waals surface area contributed by atoms with E-state index in [1.165, 1.54) is 30.3 Å². The zero-order valence-corrected chi connectivity index (χ0v) is 10.8. The van der Waals surface area contributed by atoms with Gasteiger partial charge in [0.25, 0.3) is 5.69 Å². The first-order chi connectivity index (χ1) is 8.97. The maximum Gasteiger partial charge on any atom is 0.345 e. The van der Waals surface area contributed by atoms with Crippen LogP contribution in [0, 0.1) is 10.1 Å². The summed E-state index contributed by atoms with van der Waals surface area (Å²) in [6.07, 6.45) is 0. The molecule has 2 rings (SSSR count). The van der Waals surface area contributed by atoms with Gasteiger partial charge in [0.1, 0.15) is 10.6 Å². The molecule has 0 aliphatic carbocycles. The Morgan fingerprint density at radius 3 is 2.63 bits per heavy atom. The van der Waals surface area contributed by atoms with Gasteiger partial charge in [-0.25, -0.2) is 4.79 Å². The lowest BCUT2D eigenvalue weighted by atomic mass is 10.3. The van der Waals surface area contributed by atoms with Crippen LogP contribution in [0.1, 0.15) is 9.67 Å². The van der Waals surface area contributed by atoms with Crippen molar-refractivity contribution in [3.63, 3.8) is 0 Å². The number of rotatable bonds is 4. The molecular weight excluding hydrogens is 294 g/mol. The van der Waals surface area contributed by atoms with E-state index in [1.807, 2.05) is 0 Å². The van der Waals surface area contributed by atoms with Gasteiger partial charge in [-0.15, -0.1) is 0 Å². The van der Waals surface area contributed by atoms with Gasteiger partial charge in [-0.3, -0.25) is 10.1 Å². The second kappa shape index (κ2) is 5.25. The zero-order valence-electron chi connectivity index (χ0n) is 9.20. The Balaban J connectivity index is 2.23. The number of nitrogens with zero attached hydrogens (tertiary/aromatic N) is 1. The van der Waals surface area contributed by atoms with E-state index in [1.54, 1.807) is 0 Å². The SMILES string of the molecule is O=C(O)c1ccc(Oc2ccc([N+](=O)[O-])cc2Cl)s1. The first kappa shape index (κ1) is 13.3. The molecule has 0 radical (unpaired) electrons. The Morgan fingerprint density at radius 1 is 1.37 bits per heavy atom. The van der Waals surface area contributed by atoms with E-state index in [2.05, 4.69) is 0 Å². The molecule has 0 amide bonds. The Hall–Kier alpha value is -2.12. The maximum atomic E-state index is 10.7. The number of thiophene rings is 1. The van der Waals surface area contributed by atoms with Gasteiger partial charge in [0.05, 0.1) is 9.95 Å². The molecule has 2 aromatic rings. The largest absolute Gasteiger partial charge is 0.477 e. The van der Waals surface area contributed by atoms with Crippen molar-refractivity contribution in [2.75, 3.05) is 0 Å². The number of carbonyl (C=O) groups is 1. The van der Waals surface area contributed by atoms with Gasteiger partial charge in [-0.2, -0.15) is 0 Å². The highest BCUT2D eigenvalue weighted by Crippen LogP contribution is 2.35. The summed E-state index contributed by atoms with van der Waals surface area (Å²) in [6.45, 7) is 0. The van der Waals surface area contributed by atoms with Gasteiger partial charge < -0.3 is 9.84 Å². The van der Waals surface area contributed by atoms with Crippen molar-refractivity contribution in [1.82, 2.24) is 0 Å². The number of halogens is 1. The number of carboxylic acids is 1. The molecule has 0 saturated carbocycles. The van der Waals surface area contributed by atoms with Crippen LogP contribution < -0.4 is 4.74 Å². The average Bonchev–Trinajstić information content (AvgIpc) is 2.80. The third-order valence-electron chi connectivity index (χ3n) is 2.13. The number of benzene rings is 1. The molecule has 0 saturated heterocycles. The van der Waals surface area contributed by atoms with E-state index < -0.39 is 10.9 Å². The van der Waals surface area contributed by atoms with E-state index in [9.17, 15) is 14.9 Å². The van der Waals surface area contributed by atoms with Crippen molar-refractivity contribution in [2.45, 2.75) is 0 Å². The number of non-ortho nitro benzene ring substituents is 1. The van der Waals surface area contributed by atoms with Crippen LogP contribution in [0.3, 0.4) is 0 Å². The molecule has 1 aromatic carbocycles. The van der Waals surface area contributed by atoms with Crippen molar-refractivity contribution < 1.29 is 19.6 Å². The fourth-order valence-electron chi connectivity index (χ4n) is 1.28. The Labute approximate surface area is 116 Å². The number of ether oxygens (including phenoxy) is 1. The standard InChI is InChI=1S/C11H6ClNO5S/c12-7-5-6(13(16)17)1-2-8(7)18-10-4-3-9(19-10)11(14)15/h1-5H,(H,14,15). The van der Waals surface area contributed by atoms with Crippen LogP contribution in [-0.2, 0) is 0 Å². The highest BCUT2D eigenvalue weighted by atomic mass is 35.5. The first-order valence-corrected chi connectivity index (χ1v) is 6.12. The number of carboxylic acid groups (broad SMARTS) is 1. The van der Waals surface area contributed by atoms with E-state index in [0.29, 0.717) is 5.06 Å². The van der Waals surface area contributed by atoms with Crippen LogP contribution in [0.15, 0.2) is 30.3 Å². The molecule has 1 aromatic heterocycles. The summed E-state index contributed by atoms with van der Waals surface area (Å²) in [6, 6.07) is 6.68. The number of nitro benzene ring substituents is 1. The molecule has 6 nitrogen and oxygen atoms in total. The summed E-state index contributed by atoms with van der Waals surface area (Å²) in [7, 11) is 0. The molecule has 0 aliphatic rings.